The van der Waals surface area contributed by atoms with Crippen LogP contribution in [0.2, 0.25) is 0 Å². The number of nitro benzene ring substituents is 2. The highest BCUT2D eigenvalue weighted by Crippen LogP contribution is 2.30. The van der Waals surface area contributed by atoms with Crippen molar-refractivity contribution in [3.63, 3.8) is 0 Å². The van der Waals surface area contributed by atoms with Gasteiger partial charge < -0.3 is 34.3 Å². The van der Waals surface area contributed by atoms with E-state index in [1.165, 1.54) is 48.2 Å². The molecule has 7 aromatic rings. The second-order valence-corrected chi connectivity index (χ2v) is 44.1. The number of carbonyl (C=O) groups excluding carboxylic acids is 2. The van der Waals surface area contributed by atoms with E-state index in [1.807, 2.05) is 35.2 Å². The number of aromatic nitrogens is 2. The van der Waals surface area contributed by atoms with E-state index in [-0.39, 0.29) is 97.1 Å². The summed E-state index contributed by atoms with van der Waals surface area (Å²) in [5.74, 6) is -4.22. The first-order valence-corrected chi connectivity index (χ1v) is 53.4. The smallest absolute Gasteiger partial charge is 0.317 e. The molecule has 0 saturated carbocycles. The fraction of sp³-hybridized carbons (Fsp3) is 0.494. The minimum absolute atomic E-state index is 0.0248. The van der Waals surface area contributed by atoms with E-state index in [0.29, 0.717) is 92.6 Å². The number of non-ortho nitro benzene ring substituents is 2. The molecule has 10 rings (SSSR count). The van der Waals surface area contributed by atoms with Gasteiger partial charge in [0.2, 0.25) is 11.8 Å². The van der Waals surface area contributed by atoms with E-state index >= 15 is 0 Å². The highest BCUT2D eigenvalue weighted by atomic mass is 79.9. The largest absolute Gasteiger partial charge is 0.748 e. The van der Waals surface area contributed by atoms with Gasteiger partial charge in [0.25, 0.3) is 62.0 Å². The van der Waals surface area contributed by atoms with Crippen LogP contribution in [0.1, 0.15) is 98.6 Å². The van der Waals surface area contributed by atoms with Gasteiger partial charge in [0, 0.05) is 147 Å². The quantitative estimate of drug-likeness (QED) is 0.00688. The number of aryl methyl sites for hydroxylation is 2. The van der Waals surface area contributed by atoms with Crippen LogP contribution in [0.5, 0.6) is 0 Å². The molecule has 129 heavy (non-hydrogen) atoms. The number of nitrogens with one attached hydrogen (secondary N) is 1. The van der Waals surface area contributed by atoms with Crippen LogP contribution in [-0.4, -0.2) is 281 Å². The predicted molar refractivity (Wildman–Crippen MR) is 477 cm³/mol. The maximum atomic E-state index is 11.8. The van der Waals surface area contributed by atoms with Gasteiger partial charge in [-0.15, -0.1) is 0 Å². The summed E-state index contributed by atoms with van der Waals surface area (Å²) in [5, 5.41) is 35.0. The highest BCUT2D eigenvalue weighted by molar-refractivity contribution is 9.10. The van der Waals surface area contributed by atoms with Crippen molar-refractivity contribution in [3.05, 3.63) is 186 Å². The number of benzene rings is 5. The standard InChI is InChI=1S/C16H18N2O5S.C12H16BrNO3S.C12H16N2O5S.C12H12N2O5S.C12H18N2O3S.C8H19NO6S2.C5H11NO5S/c1-12(19)18(13(2)20)16-6-3-5-14-11-17(9-7-15(14)16)8-4-10-24(21,22)23;13-12-4-1-3-10-9-14(7-5-11(10)12)6-2-8-18(15,16)17;15-14(16)12-3-2-10-4-6-13(9-11(10)8-12)5-1-7-20(17,18)19;15-14(16)12-4-1-3-10-9-13(7-5-11(10)12)6-2-8-20(17,18)19;13-12-4-1-3-10-9-14(7-5-11(10)12)6-2-8-18(15,16)17;1-9(2,5-3-7-16(10,11)12)6-4-8-17(13,14)15;7-5(8)4-6-2-1-3-12(9,10)11/h3,5-7,9,11H,4,8,10H2,1-2H3;1,3-4H,2,5-9H2,(H,15,16,17);2-3,8H,1,4-7,9H2,(H,17,18,19);1,3-5,7,9H,2,6,8H2;1,3-4H,2,5-9,13H2,(H,15,16,17);3-8H2,1-2H3,(H-,10,11,12,13,14,15);6H,1-4H2,(H,7,8)(H,9,10,11)/p+1. The van der Waals surface area contributed by atoms with Crippen LogP contribution in [0.15, 0.2) is 132 Å². The average Bonchev–Trinajstić information content (AvgIpc) is 0.800. The molecule has 0 unspecified atom stereocenters. The van der Waals surface area contributed by atoms with Crippen LogP contribution in [-0.2, 0) is 147 Å². The molecular formula is C77H111BrN11O32S8+. The fourth-order valence-electron chi connectivity index (χ4n) is 13.7. The Labute approximate surface area is 759 Å². The number of amides is 2. The number of nitrogens with zero attached hydrogens (tertiary/aromatic N) is 9. The molecule has 2 amide bonds. The van der Waals surface area contributed by atoms with Gasteiger partial charge in [-0.2, -0.15) is 42.1 Å². The van der Waals surface area contributed by atoms with Crippen molar-refractivity contribution in [2.24, 2.45) is 0 Å². The van der Waals surface area contributed by atoms with E-state index < -0.39 is 114 Å². The maximum Gasteiger partial charge on any atom is 0.317 e. The normalized spacial score (nSPS) is 13.9. The van der Waals surface area contributed by atoms with Gasteiger partial charge in [-0.3, -0.25) is 77.0 Å². The third-order valence-electron chi connectivity index (χ3n) is 19.6. The zero-order valence-electron chi connectivity index (χ0n) is 71.3. The van der Waals surface area contributed by atoms with Gasteiger partial charge in [-0.25, -0.2) is 34.4 Å². The molecule has 43 nitrogen and oxygen atoms in total. The van der Waals surface area contributed by atoms with Crippen molar-refractivity contribution in [3.8, 4) is 0 Å². The number of carboxylic acid groups (broad SMARTS) is 1. The molecule has 5 heterocycles. The minimum Gasteiger partial charge on any atom is -0.748 e. The molecule has 0 spiro atoms. The van der Waals surface area contributed by atoms with Crippen molar-refractivity contribution in [1.82, 2.24) is 20.0 Å². The number of carbonyl (C=O) groups is 3. The van der Waals surface area contributed by atoms with Crippen molar-refractivity contribution >= 4 is 159 Å². The third kappa shape index (κ3) is 48.2. The number of quaternary nitrogens is 2. The van der Waals surface area contributed by atoms with Crippen molar-refractivity contribution in [2.75, 3.05) is 130 Å². The van der Waals surface area contributed by atoms with Gasteiger partial charge in [0.15, 0.2) is 24.8 Å². The Hall–Kier alpha value is -8.15. The Morgan fingerprint density at radius 1 is 0.488 bits per heavy atom. The Morgan fingerprint density at radius 2 is 0.891 bits per heavy atom. The summed E-state index contributed by atoms with van der Waals surface area (Å²) in [6.45, 7) is 11.2. The number of pyridine rings is 2. The number of rotatable bonds is 37. The molecule has 720 valence electrons. The molecule has 3 aliphatic heterocycles. The van der Waals surface area contributed by atoms with Crippen molar-refractivity contribution in [2.45, 2.75) is 117 Å². The van der Waals surface area contributed by atoms with E-state index in [0.717, 1.165) is 88.9 Å². The van der Waals surface area contributed by atoms with Crippen LogP contribution in [0, 0.1) is 20.2 Å². The lowest BCUT2D eigenvalue weighted by Crippen LogP contribution is -2.43. The van der Waals surface area contributed by atoms with Crippen molar-refractivity contribution in [1.29, 1.82) is 0 Å². The number of nitro groups is 2. The third-order valence-corrected chi connectivity index (χ3v) is 26.7. The average molecular weight is 2040 g/mol. The zero-order chi connectivity index (χ0) is 97.1. The van der Waals surface area contributed by atoms with E-state index in [4.69, 9.17) is 27.9 Å². The van der Waals surface area contributed by atoms with Gasteiger partial charge in [-0.1, -0.05) is 58.4 Å². The summed E-state index contributed by atoms with van der Waals surface area (Å²) in [5.41, 5.74) is 13.0. The Morgan fingerprint density at radius 3 is 1.35 bits per heavy atom. The highest BCUT2D eigenvalue weighted by Gasteiger charge is 2.26. The summed E-state index contributed by atoms with van der Waals surface area (Å²) in [6.07, 6.45) is 12.0. The molecule has 10 N–H and O–H groups in total. The summed E-state index contributed by atoms with van der Waals surface area (Å²) in [4.78, 5) is 61.8. The molecule has 2 aromatic heterocycles. The van der Waals surface area contributed by atoms with E-state index in [9.17, 15) is 116 Å². The Bertz CT molecular complexity index is 5820. The Kier molecular flexibility index (Phi) is 45.9. The SMILES string of the molecule is CC(=O)N(C(C)=O)c1cccc2c[n+](CCCS(=O)(=O)O)ccc12.C[N+](C)(CCCS(=O)(=O)[O-])CCCS(=O)(=O)[O-].O=C(O)CNCCCS(=O)(=O)O.O=S(=O)(O)CCCN1CCc2c(Br)cccc2C1.O=[N+]([O-])c1ccc2c(c1)CN(CCCS(=O)(=O)O)CC2.O=[N+]([O-])c1cccc2c[n+](CCCS(=O)(=O)[O-])ccc12.[NH3+]c1cccc2c1CCN(CCCS(=O)(=O)O)C2. The first-order valence-electron chi connectivity index (χ1n) is 39.9. The summed E-state index contributed by atoms with van der Waals surface area (Å²) >= 11 is 3.55. The maximum absolute atomic E-state index is 11.8. The number of hydrogen-bond acceptors (Lipinski definition) is 30. The molecule has 3 aliphatic rings. The van der Waals surface area contributed by atoms with Crippen LogP contribution < -0.4 is 25.1 Å². The fourth-order valence-corrected chi connectivity index (χ4v) is 18.2. The number of aliphatic carboxylic acids is 1. The second-order valence-electron chi connectivity index (χ2n) is 30.8. The lowest BCUT2D eigenvalue weighted by atomic mass is 9.98. The lowest BCUT2D eigenvalue weighted by molar-refractivity contribution is -0.890. The van der Waals surface area contributed by atoms with Crippen LogP contribution in [0.3, 0.4) is 0 Å². The number of halogens is 1. The van der Waals surface area contributed by atoms with Gasteiger partial charge in [-0.05, 0) is 129 Å². The van der Waals surface area contributed by atoms with E-state index in [1.54, 1.807) is 96.5 Å². The number of imide groups is 1. The number of carboxylic acids is 1. The molecule has 0 radical (unpaired) electrons. The number of anilines is 1. The zero-order valence-corrected chi connectivity index (χ0v) is 79.5. The topological polar surface area (TPSA) is 662 Å². The molecule has 52 heteroatoms. The first-order chi connectivity index (χ1) is 59.6. The number of hydrogen-bond donors (Lipinski definition) is 8. The molecule has 0 atom stereocenters. The van der Waals surface area contributed by atoms with Crippen LogP contribution in [0.25, 0.3) is 21.5 Å². The molecule has 5 aromatic carbocycles. The molecular weight excluding hydrogens is 1930 g/mol. The first kappa shape index (κ1) is 113. The Balaban J connectivity index is 0.000000317. The summed E-state index contributed by atoms with van der Waals surface area (Å²) in [7, 11) is -28.5. The lowest BCUT2D eigenvalue weighted by Gasteiger charge is -2.30. The van der Waals surface area contributed by atoms with Gasteiger partial charge >= 0.3 is 5.97 Å². The minimum atomic E-state index is -4.21. The van der Waals surface area contributed by atoms with Gasteiger partial charge in [0.1, 0.15) is 18.8 Å². The van der Waals surface area contributed by atoms with E-state index in [2.05, 4.69) is 48.9 Å². The monoisotopic (exact) mass is 2040 g/mol. The molecule has 0 aliphatic carbocycles. The van der Waals surface area contributed by atoms with Gasteiger partial charge in [0.05, 0.1) is 119 Å². The molecule has 0 saturated heterocycles. The van der Waals surface area contributed by atoms with Crippen LogP contribution in [0.4, 0.5) is 22.7 Å². The van der Waals surface area contributed by atoms with Crippen molar-refractivity contribution < 1.29 is 152 Å². The predicted octanol–water partition coefficient (Wildman–Crippen LogP) is 3.66. The summed E-state index contributed by atoms with van der Waals surface area (Å²) < 4.78 is 248. The molecule has 0 fully saturated rings. The van der Waals surface area contributed by atoms with Crippen LogP contribution >= 0.6 is 15.9 Å². The molecule has 0 bridgehead atoms. The summed E-state index contributed by atoms with van der Waals surface area (Å²) in [6, 6.07) is 30.6. The number of fused-ring (bicyclic) bond motifs is 5. The second kappa shape index (κ2) is 52.3.